The number of benzene rings is 1. The first-order chi connectivity index (χ1) is 8.42. The minimum absolute atomic E-state index is 0.120. The molecule has 2 rings (SSSR count). The summed E-state index contributed by atoms with van der Waals surface area (Å²) in [5.41, 5.74) is 2.01. The van der Waals surface area contributed by atoms with Gasteiger partial charge in [-0.1, -0.05) is 13.8 Å². The van der Waals surface area contributed by atoms with E-state index in [1.807, 2.05) is 13.0 Å². The van der Waals surface area contributed by atoms with Crippen LogP contribution in [-0.2, 0) is 0 Å². The lowest BCUT2D eigenvalue weighted by Crippen LogP contribution is -2.09. The van der Waals surface area contributed by atoms with Crippen molar-refractivity contribution in [1.29, 1.82) is 0 Å². The molecule has 1 saturated carbocycles. The van der Waals surface area contributed by atoms with Crippen molar-refractivity contribution < 1.29 is 4.92 Å². The molecule has 0 spiro atoms. The van der Waals surface area contributed by atoms with Gasteiger partial charge in [-0.25, -0.2) is 0 Å². The Balaban J connectivity index is 2.20. The van der Waals surface area contributed by atoms with Crippen LogP contribution >= 0.6 is 0 Å². The number of rotatable bonds is 5. The second-order valence-electron chi connectivity index (χ2n) is 5.45. The van der Waals surface area contributed by atoms with E-state index in [4.69, 9.17) is 0 Å². The number of anilines is 2. The van der Waals surface area contributed by atoms with E-state index in [9.17, 15) is 10.1 Å². The maximum atomic E-state index is 10.9. The molecular weight excluding hydrogens is 230 g/mol. The molecular formula is C13H19N3O2. The summed E-state index contributed by atoms with van der Waals surface area (Å²) in [6.07, 6.45) is 1.10. The van der Waals surface area contributed by atoms with E-state index in [1.165, 1.54) is 0 Å². The highest BCUT2D eigenvalue weighted by atomic mass is 16.6. The standard InChI is InChI=1S/C13H19N3O2/c1-4-14-9-5-10(7-11(6-9)16(17)18)15-12-8-13(12,2)3/h5-7,12,14-15H,4,8H2,1-3H3. The van der Waals surface area contributed by atoms with Gasteiger partial charge in [-0.2, -0.15) is 0 Å². The van der Waals surface area contributed by atoms with Gasteiger partial charge in [0, 0.05) is 36.1 Å². The van der Waals surface area contributed by atoms with Gasteiger partial charge in [0.15, 0.2) is 0 Å². The number of hydrogen-bond acceptors (Lipinski definition) is 4. The number of non-ortho nitro benzene ring substituents is 1. The molecule has 0 saturated heterocycles. The zero-order valence-corrected chi connectivity index (χ0v) is 11.0. The highest BCUT2D eigenvalue weighted by Crippen LogP contribution is 2.46. The minimum Gasteiger partial charge on any atom is -0.385 e. The largest absolute Gasteiger partial charge is 0.385 e. The maximum Gasteiger partial charge on any atom is 0.273 e. The topological polar surface area (TPSA) is 67.2 Å². The zero-order chi connectivity index (χ0) is 13.3. The average Bonchev–Trinajstić information content (AvgIpc) is 2.85. The summed E-state index contributed by atoms with van der Waals surface area (Å²) in [7, 11) is 0. The molecule has 5 heteroatoms. The van der Waals surface area contributed by atoms with Gasteiger partial charge in [0.1, 0.15) is 0 Å². The molecule has 18 heavy (non-hydrogen) atoms. The normalized spacial score (nSPS) is 20.3. The van der Waals surface area contributed by atoms with Gasteiger partial charge < -0.3 is 10.6 Å². The van der Waals surface area contributed by atoms with E-state index in [0.29, 0.717) is 11.5 Å². The van der Waals surface area contributed by atoms with E-state index in [2.05, 4.69) is 24.5 Å². The van der Waals surface area contributed by atoms with Crippen LogP contribution in [0.25, 0.3) is 0 Å². The lowest BCUT2D eigenvalue weighted by molar-refractivity contribution is -0.384. The minimum atomic E-state index is -0.357. The predicted molar refractivity (Wildman–Crippen MR) is 73.1 cm³/mol. The van der Waals surface area contributed by atoms with Gasteiger partial charge >= 0.3 is 0 Å². The smallest absolute Gasteiger partial charge is 0.273 e. The monoisotopic (exact) mass is 249 g/mol. The van der Waals surface area contributed by atoms with Gasteiger partial charge in [-0.3, -0.25) is 10.1 Å². The molecule has 0 bridgehead atoms. The highest BCUT2D eigenvalue weighted by Gasteiger charge is 2.45. The van der Waals surface area contributed by atoms with Crippen molar-refractivity contribution in [3.05, 3.63) is 28.3 Å². The summed E-state index contributed by atoms with van der Waals surface area (Å²) in [5, 5.41) is 17.4. The molecule has 1 aromatic rings. The first-order valence-corrected chi connectivity index (χ1v) is 6.22. The van der Waals surface area contributed by atoms with Crippen LogP contribution in [-0.4, -0.2) is 17.5 Å². The third-order valence-electron chi connectivity index (χ3n) is 3.36. The third kappa shape index (κ3) is 2.72. The summed E-state index contributed by atoms with van der Waals surface area (Å²) < 4.78 is 0. The fraction of sp³-hybridized carbons (Fsp3) is 0.538. The average molecular weight is 249 g/mol. The Kier molecular flexibility index (Phi) is 3.15. The second-order valence-corrected chi connectivity index (χ2v) is 5.45. The Morgan fingerprint density at radius 2 is 2.00 bits per heavy atom. The van der Waals surface area contributed by atoms with E-state index in [-0.39, 0.29) is 10.6 Å². The molecule has 1 fully saturated rings. The van der Waals surface area contributed by atoms with Crippen molar-refractivity contribution in [3.63, 3.8) is 0 Å². The molecule has 1 unspecified atom stereocenters. The molecule has 1 aliphatic rings. The molecule has 1 aliphatic carbocycles. The quantitative estimate of drug-likeness (QED) is 0.621. The molecule has 98 valence electrons. The lowest BCUT2D eigenvalue weighted by atomic mass is 10.2. The van der Waals surface area contributed by atoms with Gasteiger partial charge in [0.2, 0.25) is 0 Å². The summed E-state index contributed by atoms with van der Waals surface area (Å²) in [6, 6.07) is 5.49. The fourth-order valence-electron chi connectivity index (χ4n) is 2.02. The van der Waals surface area contributed by atoms with Crippen LogP contribution < -0.4 is 10.6 Å². The van der Waals surface area contributed by atoms with Crippen LogP contribution in [0.5, 0.6) is 0 Å². The van der Waals surface area contributed by atoms with E-state index in [1.54, 1.807) is 12.1 Å². The van der Waals surface area contributed by atoms with Crippen LogP contribution in [0.3, 0.4) is 0 Å². The van der Waals surface area contributed by atoms with Crippen molar-refractivity contribution in [2.24, 2.45) is 5.41 Å². The number of nitro benzene ring substituents is 1. The van der Waals surface area contributed by atoms with Crippen LogP contribution in [0, 0.1) is 15.5 Å². The number of nitro groups is 1. The van der Waals surface area contributed by atoms with Crippen molar-refractivity contribution in [2.75, 3.05) is 17.2 Å². The van der Waals surface area contributed by atoms with Crippen LogP contribution in [0.4, 0.5) is 17.1 Å². The van der Waals surface area contributed by atoms with Gasteiger partial charge in [0.05, 0.1) is 4.92 Å². The van der Waals surface area contributed by atoms with Crippen molar-refractivity contribution in [3.8, 4) is 0 Å². The molecule has 0 heterocycles. The fourth-order valence-corrected chi connectivity index (χ4v) is 2.02. The Labute approximate surface area is 107 Å². The first kappa shape index (κ1) is 12.7. The second kappa shape index (κ2) is 4.48. The predicted octanol–water partition coefficient (Wildman–Crippen LogP) is 3.24. The van der Waals surface area contributed by atoms with Crippen LogP contribution in [0.1, 0.15) is 27.2 Å². The number of hydrogen-bond donors (Lipinski definition) is 2. The Morgan fingerprint density at radius 3 is 2.50 bits per heavy atom. The van der Waals surface area contributed by atoms with Crippen molar-refractivity contribution in [1.82, 2.24) is 0 Å². The maximum absolute atomic E-state index is 10.9. The SMILES string of the molecule is CCNc1cc(NC2CC2(C)C)cc([N+](=O)[O-])c1. The molecule has 0 amide bonds. The first-order valence-electron chi connectivity index (χ1n) is 6.22. The molecule has 0 aromatic heterocycles. The summed E-state index contributed by atoms with van der Waals surface area (Å²) in [4.78, 5) is 10.5. The Morgan fingerprint density at radius 1 is 1.39 bits per heavy atom. The highest BCUT2D eigenvalue weighted by molar-refractivity contribution is 5.64. The van der Waals surface area contributed by atoms with Gasteiger partial charge in [-0.05, 0) is 24.8 Å². The van der Waals surface area contributed by atoms with Gasteiger partial charge in [-0.15, -0.1) is 0 Å². The molecule has 1 atom stereocenters. The Hall–Kier alpha value is -1.78. The van der Waals surface area contributed by atoms with Crippen molar-refractivity contribution >= 4 is 17.1 Å². The lowest BCUT2D eigenvalue weighted by Gasteiger charge is -2.10. The van der Waals surface area contributed by atoms with E-state index in [0.717, 1.165) is 24.3 Å². The third-order valence-corrected chi connectivity index (χ3v) is 3.36. The van der Waals surface area contributed by atoms with Crippen molar-refractivity contribution in [2.45, 2.75) is 33.2 Å². The summed E-state index contributed by atoms with van der Waals surface area (Å²) in [5.74, 6) is 0. The molecule has 5 nitrogen and oxygen atoms in total. The van der Waals surface area contributed by atoms with Crippen LogP contribution in [0.2, 0.25) is 0 Å². The summed E-state index contributed by atoms with van der Waals surface area (Å²) in [6.45, 7) is 7.09. The Bertz CT molecular complexity index is 471. The van der Waals surface area contributed by atoms with E-state index >= 15 is 0 Å². The number of nitrogens with zero attached hydrogens (tertiary/aromatic N) is 1. The molecule has 0 radical (unpaired) electrons. The van der Waals surface area contributed by atoms with E-state index < -0.39 is 0 Å². The molecule has 0 aliphatic heterocycles. The summed E-state index contributed by atoms with van der Waals surface area (Å²) >= 11 is 0. The van der Waals surface area contributed by atoms with Gasteiger partial charge in [0.25, 0.3) is 5.69 Å². The zero-order valence-electron chi connectivity index (χ0n) is 11.0. The number of nitrogens with one attached hydrogen (secondary N) is 2. The molecule has 2 N–H and O–H groups in total. The molecule has 1 aromatic carbocycles. The van der Waals surface area contributed by atoms with Crippen LogP contribution in [0.15, 0.2) is 18.2 Å².